The summed E-state index contributed by atoms with van der Waals surface area (Å²) in [5.41, 5.74) is 0. The molecule has 4 nitrogen and oxygen atoms in total. The molecule has 0 spiro atoms. The molecule has 0 heterocycles. The molecule has 0 fully saturated rings. The van der Waals surface area contributed by atoms with E-state index in [1.54, 1.807) is 19.1 Å². The number of para-hydroxylation sites is 1. The lowest BCUT2D eigenvalue weighted by Crippen LogP contribution is -2.31. The van der Waals surface area contributed by atoms with Crippen molar-refractivity contribution in [3.63, 3.8) is 0 Å². The zero-order valence-corrected chi connectivity index (χ0v) is 10.1. The van der Waals surface area contributed by atoms with Crippen LogP contribution < -0.4 is 4.74 Å². The topological polar surface area (TPSA) is 55.8 Å². The summed E-state index contributed by atoms with van der Waals surface area (Å²) in [7, 11) is 0. The first-order valence-corrected chi connectivity index (χ1v) is 5.70. The first-order chi connectivity index (χ1) is 8.17. The van der Waals surface area contributed by atoms with E-state index in [9.17, 15) is 4.79 Å². The standard InChI is InChI=1S/C13H18O4/c1-3-11(9-14)17-13(15)10(2)16-12-7-5-4-6-8-12/h4-8,10-11,14H,3,9H2,1-2H3. The highest BCUT2D eigenvalue weighted by Gasteiger charge is 2.19. The Bertz CT molecular complexity index is 333. The van der Waals surface area contributed by atoms with Crippen LogP contribution in [0.3, 0.4) is 0 Å². The summed E-state index contributed by atoms with van der Waals surface area (Å²) in [5.74, 6) is 0.156. The smallest absolute Gasteiger partial charge is 0.347 e. The van der Waals surface area contributed by atoms with Crippen LogP contribution in [0.1, 0.15) is 20.3 Å². The molecule has 17 heavy (non-hydrogen) atoms. The fraction of sp³-hybridized carbons (Fsp3) is 0.462. The van der Waals surface area contributed by atoms with Crippen molar-refractivity contribution in [3.8, 4) is 5.75 Å². The van der Waals surface area contributed by atoms with E-state index >= 15 is 0 Å². The maximum Gasteiger partial charge on any atom is 0.347 e. The van der Waals surface area contributed by atoms with E-state index in [-0.39, 0.29) is 6.61 Å². The zero-order chi connectivity index (χ0) is 12.7. The number of benzene rings is 1. The minimum Gasteiger partial charge on any atom is -0.479 e. The molecule has 4 heteroatoms. The van der Waals surface area contributed by atoms with Crippen LogP contribution in [0.15, 0.2) is 30.3 Å². The van der Waals surface area contributed by atoms with Gasteiger partial charge in [0.2, 0.25) is 0 Å². The lowest BCUT2D eigenvalue weighted by Gasteiger charge is -2.18. The van der Waals surface area contributed by atoms with Crippen LogP contribution in [0, 0.1) is 0 Å². The molecule has 0 saturated carbocycles. The number of carbonyl (C=O) groups excluding carboxylic acids is 1. The predicted molar refractivity (Wildman–Crippen MR) is 63.8 cm³/mol. The predicted octanol–water partition coefficient (Wildman–Crippen LogP) is 1.77. The molecule has 0 amide bonds. The molecule has 1 aromatic rings. The van der Waals surface area contributed by atoms with Crippen LogP contribution in [0.25, 0.3) is 0 Å². The zero-order valence-electron chi connectivity index (χ0n) is 10.1. The Morgan fingerprint density at radius 1 is 1.35 bits per heavy atom. The van der Waals surface area contributed by atoms with E-state index in [0.29, 0.717) is 12.2 Å². The number of hydrogen-bond donors (Lipinski definition) is 1. The lowest BCUT2D eigenvalue weighted by atomic mass is 10.3. The van der Waals surface area contributed by atoms with Crippen molar-refractivity contribution in [2.75, 3.05) is 6.61 Å². The summed E-state index contributed by atoms with van der Waals surface area (Å²) in [5, 5.41) is 8.93. The third-order valence-corrected chi connectivity index (χ3v) is 2.33. The van der Waals surface area contributed by atoms with Crippen LogP contribution in [0.4, 0.5) is 0 Å². The number of carbonyl (C=O) groups is 1. The minimum absolute atomic E-state index is 0.166. The summed E-state index contributed by atoms with van der Waals surface area (Å²) in [6.07, 6.45) is -0.553. The Labute approximate surface area is 101 Å². The van der Waals surface area contributed by atoms with Gasteiger partial charge in [-0.1, -0.05) is 25.1 Å². The first kappa shape index (κ1) is 13.5. The van der Waals surface area contributed by atoms with Crippen LogP contribution in [-0.4, -0.2) is 29.9 Å². The van der Waals surface area contributed by atoms with E-state index in [1.165, 1.54) is 0 Å². The molecule has 2 unspecified atom stereocenters. The molecule has 0 aromatic heterocycles. The maximum absolute atomic E-state index is 11.6. The van der Waals surface area contributed by atoms with Gasteiger partial charge in [0.25, 0.3) is 0 Å². The van der Waals surface area contributed by atoms with Gasteiger partial charge in [0.05, 0.1) is 6.61 Å². The van der Waals surface area contributed by atoms with Crippen molar-refractivity contribution in [1.82, 2.24) is 0 Å². The number of ether oxygens (including phenoxy) is 2. The Hall–Kier alpha value is -1.55. The quantitative estimate of drug-likeness (QED) is 0.767. The molecule has 2 atom stereocenters. The molecule has 0 bridgehead atoms. The molecular weight excluding hydrogens is 220 g/mol. The molecule has 0 aliphatic heterocycles. The van der Waals surface area contributed by atoms with Crippen LogP contribution >= 0.6 is 0 Å². The summed E-state index contributed by atoms with van der Waals surface area (Å²) < 4.78 is 10.5. The molecule has 94 valence electrons. The first-order valence-electron chi connectivity index (χ1n) is 5.70. The van der Waals surface area contributed by atoms with Crippen molar-refractivity contribution in [3.05, 3.63) is 30.3 Å². The maximum atomic E-state index is 11.6. The minimum atomic E-state index is -0.682. The van der Waals surface area contributed by atoms with Gasteiger partial charge in [-0.05, 0) is 25.5 Å². The van der Waals surface area contributed by atoms with E-state index in [1.807, 2.05) is 25.1 Å². The van der Waals surface area contributed by atoms with Gasteiger partial charge in [-0.3, -0.25) is 0 Å². The average Bonchev–Trinajstić information content (AvgIpc) is 2.36. The van der Waals surface area contributed by atoms with Crippen molar-refractivity contribution in [2.24, 2.45) is 0 Å². The molecule has 1 rings (SSSR count). The van der Waals surface area contributed by atoms with Gasteiger partial charge in [0.1, 0.15) is 11.9 Å². The highest BCUT2D eigenvalue weighted by Crippen LogP contribution is 2.12. The normalized spacial score (nSPS) is 13.8. The van der Waals surface area contributed by atoms with Crippen molar-refractivity contribution < 1.29 is 19.4 Å². The van der Waals surface area contributed by atoms with E-state index < -0.39 is 18.2 Å². The Balaban J connectivity index is 2.47. The highest BCUT2D eigenvalue weighted by molar-refractivity contribution is 5.74. The van der Waals surface area contributed by atoms with E-state index in [4.69, 9.17) is 14.6 Å². The lowest BCUT2D eigenvalue weighted by molar-refractivity contribution is -0.158. The molecular formula is C13H18O4. The molecule has 0 aliphatic carbocycles. The highest BCUT2D eigenvalue weighted by atomic mass is 16.6. The molecule has 0 aliphatic rings. The Morgan fingerprint density at radius 3 is 2.53 bits per heavy atom. The Morgan fingerprint density at radius 2 is 2.00 bits per heavy atom. The summed E-state index contributed by atoms with van der Waals surface area (Å²) in [6.45, 7) is 3.30. The number of esters is 1. The van der Waals surface area contributed by atoms with E-state index in [0.717, 1.165) is 0 Å². The Kier molecular flexibility index (Phi) is 5.49. The fourth-order valence-electron chi connectivity index (χ4n) is 1.26. The number of aliphatic hydroxyl groups is 1. The van der Waals surface area contributed by atoms with Crippen LogP contribution in [0.5, 0.6) is 5.75 Å². The summed E-state index contributed by atoms with van der Waals surface area (Å²) in [6, 6.07) is 9.07. The van der Waals surface area contributed by atoms with Gasteiger partial charge in [-0.15, -0.1) is 0 Å². The third-order valence-electron chi connectivity index (χ3n) is 2.33. The van der Waals surface area contributed by atoms with Crippen LogP contribution in [-0.2, 0) is 9.53 Å². The average molecular weight is 238 g/mol. The molecule has 1 aromatic carbocycles. The monoisotopic (exact) mass is 238 g/mol. The fourth-order valence-corrected chi connectivity index (χ4v) is 1.26. The van der Waals surface area contributed by atoms with Gasteiger partial charge in [0.15, 0.2) is 6.10 Å². The SMILES string of the molecule is CCC(CO)OC(=O)C(C)Oc1ccccc1. The summed E-state index contributed by atoms with van der Waals surface area (Å²) in [4.78, 5) is 11.6. The van der Waals surface area contributed by atoms with Gasteiger partial charge < -0.3 is 14.6 Å². The van der Waals surface area contributed by atoms with Crippen LogP contribution in [0.2, 0.25) is 0 Å². The van der Waals surface area contributed by atoms with Gasteiger partial charge in [0, 0.05) is 0 Å². The second-order valence-electron chi connectivity index (χ2n) is 3.72. The van der Waals surface area contributed by atoms with E-state index in [2.05, 4.69) is 0 Å². The largest absolute Gasteiger partial charge is 0.479 e. The number of aliphatic hydroxyl groups excluding tert-OH is 1. The van der Waals surface area contributed by atoms with Gasteiger partial charge >= 0.3 is 5.97 Å². The molecule has 1 N–H and O–H groups in total. The molecule has 0 saturated heterocycles. The second kappa shape index (κ2) is 6.91. The van der Waals surface area contributed by atoms with Gasteiger partial charge in [-0.25, -0.2) is 4.79 Å². The third kappa shape index (κ3) is 4.44. The number of rotatable bonds is 6. The molecule has 0 radical (unpaired) electrons. The van der Waals surface area contributed by atoms with Crippen molar-refractivity contribution >= 4 is 5.97 Å². The second-order valence-corrected chi connectivity index (χ2v) is 3.72. The number of hydrogen-bond acceptors (Lipinski definition) is 4. The van der Waals surface area contributed by atoms with Gasteiger partial charge in [-0.2, -0.15) is 0 Å². The van der Waals surface area contributed by atoms with Crippen molar-refractivity contribution in [2.45, 2.75) is 32.5 Å². The summed E-state index contributed by atoms with van der Waals surface area (Å²) >= 11 is 0. The van der Waals surface area contributed by atoms with Crippen molar-refractivity contribution in [1.29, 1.82) is 0 Å².